The zero-order valence-electron chi connectivity index (χ0n) is 6.59. The minimum atomic E-state index is -0.736. The van der Waals surface area contributed by atoms with Gasteiger partial charge in [-0.3, -0.25) is 0 Å². The molecule has 0 aromatic carbocycles. The van der Waals surface area contributed by atoms with Crippen LogP contribution in [0.25, 0.3) is 0 Å². The molecule has 0 spiro atoms. The van der Waals surface area contributed by atoms with E-state index in [1.807, 2.05) is 6.04 Å². The highest BCUT2D eigenvalue weighted by molar-refractivity contribution is 6.55. The second kappa shape index (κ2) is 6.86. The molecule has 0 aromatic heterocycles. The molecule has 0 amide bonds. The zero-order valence-corrected chi connectivity index (χ0v) is 7.59. The highest BCUT2D eigenvalue weighted by Gasteiger charge is 1.94. The molecule has 10 heavy (non-hydrogen) atoms. The summed E-state index contributed by atoms with van der Waals surface area (Å²) in [6.07, 6.45) is 1.78. The number of allylic oxidation sites excluding steroid dienone is 1. The first-order valence-corrected chi connectivity index (χ1v) is 5.21. The summed E-state index contributed by atoms with van der Waals surface area (Å²) in [5.41, 5.74) is 0. The van der Waals surface area contributed by atoms with Gasteiger partial charge < -0.3 is 9.16 Å². The van der Waals surface area contributed by atoms with Gasteiger partial charge in [-0.25, -0.2) is 18.7 Å². The van der Waals surface area contributed by atoms with E-state index < -0.39 is 9.04 Å². The molecule has 59 valence electrons. The summed E-state index contributed by atoms with van der Waals surface area (Å²) in [5.74, 6) is 0. The molecule has 0 atom stereocenters. The molecule has 0 saturated heterocycles. The molecule has 0 aliphatic rings. The minimum Gasteiger partial charge on any atom is -0.430 e. The highest BCUT2D eigenvalue weighted by Crippen LogP contribution is 1.90. The Balaban J connectivity index is 3.04. The van der Waals surface area contributed by atoms with Crippen LogP contribution in [-0.2, 0) is 9.16 Å². The first-order valence-electron chi connectivity index (χ1n) is 3.22. The minimum absolute atomic E-state index is 0.674. The van der Waals surface area contributed by atoms with Crippen LogP contribution in [-0.4, -0.2) is 29.4 Å². The smallest absolute Gasteiger partial charge is 0.139 e. The van der Waals surface area contributed by atoms with Crippen LogP contribution in [0.2, 0.25) is 6.55 Å². The molecule has 0 aliphatic heterocycles. The van der Waals surface area contributed by atoms with Crippen LogP contribution in [0.1, 0.15) is 0 Å². The maximum absolute atomic E-state index is 5.37. The van der Waals surface area contributed by atoms with E-state index in [4.69, 9.17) is 9.16 Å². The van der Waals surface area contributed by atoms with E-state index in [0.717, 1.165) is 0 Å². The van der Waals surface area contributed by atoms with Crippen molar-refractivity contribution in [1.82, 2.24) is 0 Å². The maximum atomic E-state index is 5.37. The molecular weight excluding hydrogens is 144 g/mol. The van der Waals surface area contributed by atoms with Gasteiger partial charge in [0, 0.05) is 7.11 Å². The van der Waals surface area contributed by atoms with Gasteiger partial charge in [-0.1, -0.05) is 6.55 Å². The van der Waals surface area contributed by atoms with E-state index >= 15 is 0 Å². The largest absolute Gasteiger partial charge is 0.430 e. The molecule has 0 N–H and O–H groups in total. The van der Waals surface area contributed by atoms with Crippen LogP contribution in [0, 0.1) is 6.04 Å². The maximum Gasteiger partial charge on any atom is 0.139 e. The number of ether oxygens (including phenoxy) is 1. The van der Waals surface area contributed by atoms with Gasteiger partial charge in [0.15, 0.2) is 0 Å². The molecule has 0 aromatic rings. The molecule has 2 nitrogen and oxygen atoms in total. The van der Waals surface area contributed by atoms with Crippen molar-refractivity contribution in [3.05, 3.63) is 18.7 Å². The van der Waals surface area contributed by atoms with Crippen LogP contribution in [0.4, 0.5) is 0 Å². The van der Waals surface area contributed by atoms with E-state index in [2.05, 4.69) is 13.1 Å². The molecule has 0 fully saturated rings. The van der Waals surface area contributed by atoms with Gasteiger partial charge in [0.1, 0.15) is 9.04 Å². The molecule has 1 radical (unpaired) electrons. The molecule has 0 unspecified atom stereocenters. The molecular formula is C7H14O2Si-. The Morgan fingerprint density at radius 1 is 1.60 bits per heavy atom. The standard InChI is InChI=1S/C7H14O2Si/c1-4-7-10(3)9-6-5-8-2/h4,7H,1,5-6H2,2-3H3/q-1. The van der Waals surface area contributed by atoms with Gasteiger partial charge in [-0.05, 0) is 0 Å². The second-order valence-corrected chi connectivity index (χ2v) is 3.70. The Bertz CT molecular complexity index is 85.7. The third-order valence-electron chi connectivity index (χ3n) is 0.970. The lowest BCUT2D eigenvalue weighted by molar-refractivity contribution is 0.147. The van der Waals surface area contributed by atoms with Crippen molar-refractivity contribution in [3.63, 3.8) is 0 Å². The highest BCUT2D eigenvalue weighted by atomic mass is 28.3. The van der Waals surface area contributed by atoms with Crippen molar-refractivity contribution in [2.45, 2.75) is 6.55 Å². The number of hydrogen-bond acceptors (Lipinski definition) is 2. The number of methoxy groups -OCH3 is 1. The Morgan fingerprint density at radius 3 is 2.80 bits per heavy atom. The quantitative estimate of drug-likeness (QED) is 0.328. The molecule has 0 aliphatic carbocycles. The SMILES string of the molecule is C=C[CH-][Si](C)OCCOC. The number of hydrogen-bond donors (Lipinski definition) is 0. The number of rotatable bonds is 6. The molecule has 3 heteroatoms. The van der Waals surface area contributed by atoms with Gasteiger partial charge in [0.2, 0.25) is 0 Å². The Labute approximate surface area is 64.6 Å². The third-order valence-corrected chi connectivity index (χ3v) is 2.33. The Morgan fingerprint density at radius 2 is 2.30 bits per heavy atom. The van der Waals surface area contributed by atoms with Gasteiger partial charge >= 0.3 is 0 Å². The molecule has 0 bridgehead atoms. The topological polar surface area (TPSA) is 18.5 Å². The lowest BCUT2D eigenvalue weighted by Gasteiger charge is -2.12. The molecule has 0 saturated carbocycles. The van der Waals surface area contributed by atoms with Crippen LogP contribution < -0.4 is 0 Å². The van der Waals surface area contributed by atoms with Crippen LogP contribution in [0.5, 0.6) is 0 Å². The van der Waals surface area contributed by atoms with Crippen molar-refractivity contribution in [1.29, 1.82) is 0 Å². The van der Waals surface area contributed by atoms with E-state index in [0.29, 0.717) is 13.2 Å². The third kappa shape index (κ3) is 5.88. The second-order valence-electron chi connectivity index (χ2n) is 1.85. The fourth-order valence-corrected chi connectivity index (χ4v) is 1.33. The van der Waals surface area contributed by atoms with E-state index in [9.17, 15) is 0 Å². The van der Waals surface area contributed by atoms with E-state index in [1.165, 1.54) is 0 Å². The first kappa shape index (κ1) is 9.75. The average molecular weight is 158 g/mol. The van der Waals surface area contributed by atoms with Crippen molar-refractivity contribution in [2.75, 3.05) is 20.3 Å². The Hall–Kier alpha value is -0.253. The summed E-state index contributed by atoms with van der Waals surface area (Å²) in [6, 6.07) is 2.00. The predicted octanol–water partition coefficient (Wildman–Crippen LogP) is 1.20. The summed E-state index contributed by atoms with van der Waals surface area (Å²) in [6.45, 7) is 7.02. The average Bonchev–Trinajstić information content (AvgIpc) is 1.89. The van der Waals surface area contributed by atoms with Crippen LogP contribution >= 0.6 is 0 Å². The summed E-state index contributed by atoms with van der Waals surface area (Å²) >= 11 is 0. The fourth-order valence-electron chi connectivity index (χ4n) is 0.500. The summed E-state index contributed by atoms with van der Waals surface area (Å²) in [7, 11) is 0.933. The summed E-state index contributed by atoms with van der Waals surface area (Å²) in [5, 5.41) is 0. The van der Waals surface area contributed by atoms with Crippen LogP contribution in [0.15, 0.2) is 12.7 Å². The van der Waals surface area contributed by atoms with Crippen LogP contribution in [0.3, 0.4) is 0 Å². The summed E-state index contributed by atoms with van der Waals surface area (Å²) in [4.78, 5) is 0. The normalized spacial score (nSPS) is 9.90. The molecule has 0 heterocycles. The summed E-state index contributed by atoms with van der Waals surface area (Å²) < 4.78 is 10.2. The van der Waals surface area contributed by atoms with E-state index in [1.54, 1.807) is 13.2 Å². The lowest BCUT2D eigenvalue weighted by Crippen LogP contribution is -2.16. The Kier molecular flexibility index (Phi) is 6.69. The van der Waals surface area contributed by atoms with Gasteiger partial charge in [0.25, 0.3) is 0 Å². The fraction of sp³-hybridized carbons (Fsp3) is 0.571. The van der Waals surface area contributed by atoms with Gasteiger partial charge in [-0.15, -0.1) is 0 Å². The molecule has 0 rings (SSSR count). The van der Waals surface area contributed by atoms with Crippen molar-refractivity contribution in [3.8, 4) is 0 Å². The monoisotopic (exact) mass is 158 g/mol. The zero-order chi connectivity index (χ0) is 7.82. The predicted molar refractivity (Wildman–Crippen MR) is 43.9 cm³/mol. The van der Waals surface area contributed by atoms with Crippen molar-refractivity contribution >= 4 is 9.04 Å². The first-order chi connectivity index (χ1) is 4.81. The lowest BCUT2D eigenvalue weighted by atomic mass is 10.8. The van der Waals surface area contributed by atoms with Gasteiger partial charge in [-0.2, -0.15) is 0 Å². The van der Waals surface area contributed by atoms with Gasteiger partial charge in [0.05, 0.1) is 13.2 Å². The van der Waals surface area contributed by atoms with Crippen molar-refractivity contribution in [2.24, 2.45) is 0 Å². The van der Waals surface area contributed by atoms with E-state index in [-0.39, 0.29) is 0 Å². The van der Waals surface area contributed by atoms with Crippen molar-refractivity contribution < 1.29 is 9.16 Å².